The molecule has 0 spiro atoms. The number of thiazole rings is 1. The maximum Gasteiger partial charge on any atom is 0.347 e. The molecule has 1 aromatic heterocycles. The Labute approximate surface area is 99.3 Å². The van der Waals surface area contributed by atoms with Crippen LogP contribution in [-0.2, 0) is 4.74 Å². The molecular weight excluding hydrogens is 226 g/mol. The van der Waals surface area contributed by atoms with Crippen LogP contribution in [0.1, 0.15) is 59.6 Å². The molecular formula is C11H17NO3S. The molecule has 16 heavy (non-hydrogen) atoms. The summed E-state index contributed by atoms with van der Waals surface area (Å²) >= 11 is 1.22. The van der Waals surface area contributed by atoms with Crippen molar-refractivity contribution < 1.29 is 14.6 Å². The van der Waals surface area contributed by atoms with E-state index in [1.54, 1.807) is 7.11 Å². The lowest BCUT2D eigenvalue weighted by molar-refractivity contribution is 0.0700. The SMILES string of the molecule is CCC(OC)c1nc(C(C)C)c(C(=O)O)s1. The molecule has 1 unspecified atom stereocenters. The second kappa shape index (κ2) is 5.41. The van der Waals surface area contributed by atoms with Crippen LogP contribution < -0.4 is 0 Å². The van der Waals surface area contributed by atoms with E-state index in [2.05, 4.69) is 4.98 Å². The summed E-state index contributed by atoms with van der Waals surface area (Å²) in [4.78, 5) is 15.8. The number of nitrogens with zero attached hydrogens (tertiary/aromatic N) is 1. The highest BCUT2D eigenvalue weighted by Gasteiger charge is 2.22. The second-order valence-corrected chi connectivity index (χ2v) is 4.89. The van der Waals surface area contributed by atoms with E-state index in [1.807, 2.05) is 20.8 Å². The number of aromatic carboxylic acids is 1. The molecule has 0 bridgehead atoms. The molecule has 1 N–H and O–H groups in total. The van der Waals surface area contributed by atoms with Crippen LogP contribution in [0.5, 0.6) is 0 Å². The first kappa shape index (κ1) is 13.1. The Bertz CT molecular complexity index is 369. The molecule has 1 heterocycles. The van der Waals surface area contributed by atoms with Gasteiger partial charge in [0.05, 0.1) is 5.69 Å². The van der Waals surface area contributed by atoms with Gasteiger partial charge in [-0.3, -0.25) is 0 Å². The molecule has 0 aliphatic heterocycles. The van der Waals surface area contributed by atoms with Crippen molar-refractivity contribution >= 4 is 17.3 Å². The second-order valence-electron chi connectivity index (χ2n) is 3.86. The van der Waals surface area contributed by atoms with E-state index in [4.69, 9.17) is 9.84 Å². The highest BCUT2D eigenvalue weighted by atomic mass is 32.1. The summed E-state index contributed by atoms with van der Waals surface area (Å²) in [5, 5.41) is 9.84. The minimum atomic E-state index is -0.904. The van der Waals surface area contributed by atoms with E-state index >= 15 is 0 Å². The molecule has 0 saturated carbocycles. The lowest BCUT2D eigenvalue weighted by atomic mass is 10.1. The molecule has 90 valence electrons. The van der Waals surface area contributed by atoms with Crippen molar-refractivity contribution in [2.45, 2.75) is 39.2 Å². The van der Waals surface area contributed by atoms with Gasteiger partial charge in [-0.05, 0) is 12.3 Å². The Hall–Kier alpha value is -0.940. The van der Waals surface area contributed by atoms with E-state index in [1.165, 1.54) is 11.3 Å². The summed E-state index contributed by atoms with van der Waals surface area (Å²) in [6, 6.07) is 0. The molecule has 0 aromatic carbocycles. The molecule has 0 amide bonds. The molecule has 0 radical (unpaired) electrons. The van der Waals surface area contributed by atoms with Crippen LogP contribution >= 0.6 is 11.3 Å². The zero-order valence-corrected chi connectivity index (χ0v) is 10.8. The summed E-state index contributed by atoms with van der Waals surface area (Å²) in [5.74, 6) is -0.788. The smallest absolute Gasteiger partial charge is 0.347 e. The molecule has 5 heteroatoms. The normalized spacial score (nSPS) is 13.1. The maximum atomic E-state index is 11.1. The van der Waals surface area contributed by atoms with Crippen LogP contribution in [-0.4, -0.2) is 23.2 Å². The summed E-state index contributed by atoms with van der Waals surface area (Å²) in [6.45, 7) is 5.88. The van der Waals surface area contributed by atoms with Crippen LogP contribution in [0.15, 0.2) is 0 Å². The van der Waals surface area contributed by atoms with Gasteiger partial charge in [0.1, 0.15) is 16.0 Å². The standard InChI is InChI=1S/C11H17NO3S/c1-5-7(15-4)10-12-8(6(2)3)9(16-10)11(13)14/h6-7H,5H2,1-4H3,(H,13,14). The van der Waals surface area contributed by atoms with E-state index < -0.39 is 5.97 Å². The number of carboxylic acids is 1. The van der Waals surface area contributed by atoms with Gasteiger partial charge in [-0.2, -0.15) is 0 Å². The fourth-order valence-electron chi connectivity index (χ4n) is 1.47. The topological polar surface area (TPSA) is 59.4 Å². The highest BCUT2D eigenvalue weighted by Crippen LogP contribution is 2.31. The zero-order valence-electron chi connectivity index (χ0n) is 9.98. The van der Waals surface area contributed by atoms with E-state index in [0.717, 1.165) is 11.4 Å². The Morgan fingerprint density at radius 1 is 1.56 bits per heavy atom. The van der Waals surface area contributed by atoms with E-state index in [-0.39, 0.29) is 12.0 Å². The van der Waals surface area contributed by atoms with Crippen molar-refractivity contribution in [3.05, 3.63) is 15.6 Å². The van der Waals surface area contributed by atoms with Crippen LogP contribution in [0, 0.1) is 0 Å². The van der Waals surface area contributed by atoms with Crippen molar-refractivity contribution in [3.8, 4) is 0 Å². The molecule has 1 atom stereocenters. The monoisotopic (exact) mass is 243 g/mol. The van der Waals surface area contributed by atoms with Crippen LogP contribution in [0.4, 0.5) is 0 Å². The summed E-state index contributed by atoms with van der Waals surface area (Å²) < 4.78 is 5.27. The van der Waals surface area contributed by atoms with Crippen molar-refractivity contribution in [2.75, 3.05) is 7.11 Å². The first-order chi connectivity index (χ1) is 7.51. The summed E-state index contributed by atoms with van der Waals surface area (Å²) in [7, 11) is 1.62. The molecule has 0 saturated heterocycles. The van der Waals surface area contributed by atoms with Crippen molar-refractivity contribution in [3.63, 3.8) is 0 Å². The maximum absolute atomic E-state index is 11.1. The molecule has 4 nitrogen and oxygen atoms in total. The third kappa shape index (κ3) is 2.59. The number of hydrogen-bond acceptors (Lipinski definition) is 4. The van der Waals surface area contributed by atoms with Crippen molar-refractivity contribution in [1.82, 2.24) is 4.98 Å². The number of ether oxygens (including phenoxy) is 1. The van der Waals surface area contributed by atoms with E-state index in [9.17, 15) is 4.79 Å². The largest absolute Gasteiger partial charge is 0.477 e. The predicted octanol–water partition coefficient (Wildman–Crippen LogP) is 3.06. The number of methoxy groups -OCH3 is 1. The fraction of sp³-hybridized carbons (Fsp3) is 0.636. The average molecular weight is 243 g/mol. The number of carboxylic acid groups (broad SMARTS) is 1. The molecule has 1 aromatic rings. The van der Waals surface area contributed by atoms with Gasteiger partial charge in [0.2, 0.25) is 0 Å². The first-order valence-corrected chi connectivity index (χ1v) is 6.09. The van der Waals surface area contributed by atoms with Gasteiger partial charge in [0, 0.05) is 7.11 Å². The van der Waals surface area contributed by atoms with E-state index in [0.29, 0.717) is 10.6 Å². The third-order valence-electron chi connectivity index (χ3n) is 2.34. The first-order valence-electron chi connectivity index (χ1n) is 5.27. The van der Waals surface area contributed by atoms with Gasteiger partial charge < -0.3 is 9.84 Å². The zero-order chi connectivity index (χ0) is 12.3. The molecule has 1 rings (SSSR count). The van der Waals surface area contributed by atoms with Gasteiger partial charge >= 0.3 is 5.97 Å². The lowest BCUT2D eigenvalue weighted by Gasteiger charge is -2.08. The number of rotatable bonds is 5. The molecule has 0 aliphatic rings. The van der Waals surface area contributed by atoms with Crippen molar-refractivity contribution in [2.24, 2.45) is 0 Å². The summed E-state index contributed by atoms with van der Waals surface area (Å²) in [6.07, 6.45) is 0.691. The van der Waals surface area contributed by atoms with Crippen molar-refractivity contribution in [1.29, 1.82) is 0 Å². The van der Waals surface area contributed by atoms with Gasteiger partial charge in [-0.25, -0.2) is 9.78 Å². The predicted molar refractivity (Wildman–Crippen MR) is 63.2 cm³/mol. The molecule has 0 aliphatic carbocycles. The fourth-order valence-corrected chi connectivity index (χ4v) is 2.69. The van der Waals surface area contributed by atoms with Gasteiger partial charge in [-0.15, -0.1) is 11.3 Å². The lowest BCUT2D eigenvalue weighted by Crippen LogP contribution is -2.01. The Morgan fingerprint density at radius 3 is 2.50 bits per heavy atom. The van der Waals surface area contributed by atoms with Crippen LogP contribution in [0.2, 0.25) is 0 Å². The highest BCUT2D eigenvalue weighted by molar-refractivity contribution is 7.13. The minimum Gasteiger partial charge on any atom is -0.477 e. The Balaban J connectivity index is 3.15. The Kier molecular flexibility index (Phi) is 4.44. The van der Waals surface area contributed by atoms with Gasteiger partial charge in [0.15, 0.2) is 0 Å². The third-order valence-corrected chi connectivity index (χ3v) is 3.49. The summed E-state index contributed by atoms with van der Waals surface area (Å²) in [5.41, 5.74) is 0.656. The quantitative estimate of drug-likeness (QED) is 0.863. The van der Waals surface area contributed by atoms with Crippen LogP contribution in [0.25, 0.3) is 0 Å². The minimum absolute atomic E-state index is 0.101. The number of hydrogen-bond donors (Lipinski definition) is 1. The Morgan fingerprint density at radius 2 is 2.19 bits per heavy atom. The van der Waals surface area contributed by atoms with Gasteiger partial charge in [-0.1, -0.05) is 20.8 Å². The van der Waals surface area contributed by atoms with Crippen LogP contribution in [0.3, 0.4) is 0 Å². The average Bonchev–Trinajstić information content (AvgIpc) is 2.64. The molecule has 0 fully saturated rings. The number of carbonyl (C=O) groups is 1. The van der Waals surface area contributed by atoms with Gasteiger partial charge in [0.25, 0.3) is 0 Å². The number of aromatic nitrogens is 1.